The van der Waals surface area contributed by atoms with Gasteiger partial charge in [0.25, 0.3) is 0 Å². The number of nitrogens with two attached hydrogens (primary N) is 1. The van der Waals surface area contributed by atoms with Gasteiger partial charge in [-0.2, -0.15) is 0 Å². The molecule has 1 saturated heterocycles. The highest BCUT2D eigenvalue weighted by Crippen LogP contribution is 2.29. The Balaban J connectivity index is 2.40. The van der Waals surface area contributed by atoms with Gasteiger partial charge in [0.1, 0.15) is 4.90 Å². The second kappa shape index (κ2) is 5.36. The van der Waals surface area contributed by atoms with E-state index in [9.17, 15) is 13.5 Å². The molecule has 1 aliphatic heterocycles. The molecule has 0 unspecified atom stereocenters. The lowest BCUT2D eigenvalue weighted by molar-refractivity contribution is 0.145. The number of piperidine rings is 1. The zero-order valence-electron chi connectivity index (χ0n) is 10.8. The van der Waals surface area contributed by atoms with Crippen LogP contribution in [0.25, 0.3) is 0 Å². The second-order valence-electron chi connectivity index (χ2n) is 4.65. The van der Waals surface area contributed by atoms with Crippen LogP contribution in [-0.4, -0.2) is 39.8 Å². The van der Waals surface area contributed by atoms with Crippen LogP contribution in [0.3, 0.4) is 0 Å². The lowest BCUT2D eigenvalue weighted by atomic mass is 10.1. The summed E-state index contributed by atoms with van der Waals surface area (Å²) >= 11 is 0. The molecule has 2 rings (SSSR count). The summed E-state index contributed by atoms with van der Waals surface area (Å²) in [7, 11) is -2.17. The number of rotatable bonds is 3. The number of nitrogens with one attached hydrogen (secondary N) is 1. The van der Waals surface area contributed by atoms with Crippen LogP contribution >= 0.6 is 0 Å². The van der Waals surface area contributed by atoms with Crippen LogP contribution in [0.15, 0.2) is 23.1 Å². The Morgan fingerprint density at radius 1 is 1.37 bits per heavy atom. The smallest absolute Gasteiger partial charge is 0.242 e. The first-order chi connectivity index (χ1) is 8.94. The van der Waals surface area contributed by atoms with E-state index in [0.717, 1.165) is 0 Å². The number of hydrogen-bond acceptors (Lipinski definition) is 5. The van der Waals surface area contributed by atoms with Crippen molar-refractivity contribution in [2.75, 3.05) is 30.8 Å². The molecule has 1 aromatic carbocycles. The molecule has 0 saturated carbocycles. The summed E-state index contributed by atoms with van der Waals surface area (Å²) < 4.78 is 26.4. The minimum Gasteiger partial charge on any atom is -0.399 e. The van der Waals surface area contributed by atoms with Gasteiger partial charge in [0.15, 0.2) is 0 Å². The Bertz CT molecular complexity index is 551. The van der Waals surface area contributed by atoms with Crippen LogP contribution in [0.5, 0.6) is 0 Å². The van der Waals surface area contributed by atoms with E-state index in [-0.39, 0.29) is 11.0 Å². The molecular weight excluding hydrogens is 266 g/mol. The molecule has 1 heterocycles. The fraction of sp³-hybridized carbons (Fsp3) is 0.500. The van der Waals surface area contributed by atoms with Crippen molar-refractivity contribution in [3.8, 4) is 0 Å². The van der Waals surface area contributed by atoms with E-state index >= 15 is 0 Å². The highest BCUT2D eigenvalue weighted by atomic mass is 32.2. The largest absolute Gasteiger partial charge is 0.399 e. The number of aliphatic hydroxyl groups is 1. The van der Waals surface area contributed by atoms with Crippen LogP contribution < -0.4 is 15.4 Å². The van der Waals surface area contributed by atoms with Crippen molar-refractivity contribution in [2.24, 2.45) is 0 Å². The molecule has 4 N–H and O–H groups in total. The van der Waals surface area contributed by atoms with E-state index in [0.29, 0.717) is 37.3 Å². The predicted molar refractivity (Wildman–Crippen MR) is 74.6 cm³/mol. The normalized spacial score (nSPS) is 17.7. The van der Waals surface area contributed by atoms with Gasteiger partial charge in [-0.05, 0) is 38.1 Å². The number of aliphatic hydroxyl groups excluding tert-OH is 1. The van der Waals surface area contributed by atoms with Gasteiger partial charge in [0, 0.05) is 18.8 Å². The molecule has 0 bridgehead atoms. The van der Waals surface area contributed by atoms with Gasteiger partial charge in [-0.3, -0.25) is 0 Å². The summed E-state index contributed by atoms with van der Waals surface area (Å²) in [6, 6.07) is 4.87. The van der Waals surface area contributed by atoms with E-state index in [2.05, 4.69) is 4.72 Å². The number of hydrogen-bond donors (Lipinski definition) is 3. The van der Waals surface area contributed by atoms with Gasteiger partial charge in [0.05, 0.1) is 11.8 Å². The van der Waals surface area contributed by atoms with Crippen molar-refractivity contribution in [3.05, 3.63) is 18.2 Å². The number of nitrogens with zero attached hydrogens (tertiary/aromatic N) is 1. The summed E-state index contributed by atoms with van der Waals surface area (Å²) in [4.78, 5) is 2.16. The molecule has 6 nitrogen and oxygen atoms in total. The zero-order chi connectivity index (χ0) is 14.0. The average molecular weight is 285 g/mol. The van der Waals surface area contributed by atoms with Crippen molar-refractivity contribution in [1.29, 1.82) is 0 Å². The second-order valence-corrected chi connectivity index (χ2v) is 6.51. The summed E-state index contributed by atoms with van der Waals surface area (Å²) in [5.41, 5.74) is 6.73. The molecule has 1 aromatic rings. The maximum Gasteiger partial charge on any atom is 0.242 e. The highest BCUT2D eigenvalue weighted by Gasteiger charge is 2.24. The van der Waals surface area contributed by atoms with Gasteiger partial charge in [-0.1, -0.05) is 0 Å². The SMILES string of the molecule is CNS(=O)(=O)c1cc(N)ccc1N1CCC(O)CC1. The van der Waals surface area contributed by atoms with Crippen molar-refractivity contribution in [3.63, 3.8) is 0 Å². The Morgan fingerprint density at radius 2 is 2.00 bits per heavy atom. The van der Waals surface area contributed by atoms with Gasteiger partial charge in [0.2, 0.25) is 10.0 Å². The molecule has 0 atom stereocenters. The molecule has 0 aromatic heterocycles. The topological polar surface area (TPSA) is 95.7 Å². The summed E-state index contributed by atoms with van der Waals surface area (Å²) in [6.45, 7) is 1.27. The summed E-state index contributed by atoms with van der Waals surface area (Å²) in [6.07, 6.45) is 0.988. The van der Waals surface area contributed by atoms with E-state index in [4.69, 9.17) is 5.73 Å². The van der Waals surface area contributed by atoms with Crippen molar-refractivity contribution in [2.45, 2.75) is 23.8 Å². The third-order valence-corrected chi connectivity index (χ3v) is 4.79. The van der Waals surface area contributed by atoms with Crippen molar-refractivity contribution >= 4 is 21.4 Å². The third-order valence-electron chi connectivity index (χ3n) is 3.35. The fourth-order valence-corrected chi connectivity index (χ4v) is 3.21. The number of anilines is 2. The standard InChI is InChI=1S/C12H19N3O3S/c1-14-19(17,18)12-8-9(13)2-3-11(12)15-6-4-10(16)5-7-15/h2-3,8,10,14,16H,4-7,13H2,1H3. The van der Waals surface area contributed by atoms with Crippen LogP contribution in [0.4, 0.5) is 11.4 Å². The molecular formula is C12H19N3O3S. The maximum absolute atomic E-state index is 12.0. The van der Waals surface area contributed by atoms with Gasteiger partial charge in [-0.25, -0.2) is 13.1 Å². The molecule has 0 radical (unpaired) electrons. The first-order valence-corrected chi connectivity index (χ1v) is 7.68. The van der Waals surface area contributed by atoms with Crippen LogP contribution in [0.1, 0.15) is 12.8 Å². The number of nitrogen functional groups attached to an aromatic ring is 1. The first-order valence-electron chi connectivity index (χ1n) is 6.20. The number of benzene rings is 1. The number of sulfonamides is 1. The van der Waals surface area contributed by atoms with Crippen molar-refractivity contribution in [1.82, 2.24) is 4.72 Å². The third kappa shape index (κ3) is 2.99. The van der Waals surface area contributed by atoms with E-state index in [1.54, 1.807) is 12.1 Å². The minimum atomic E-state index is -3.55. The Morgan fingerprint density at radius 3 is 2.58 bits per heavy atom. The Hall–Kier alpha value is -1.31. The molecule has 7 heteroatoms. The van der Waals surface area contributed by atoms with Crippen LogP contribution in [-0.2, 0) is 10.0 Å². The van der Waals surface area contributed by atoms with Crippen LogP contribution in [0, 0.1) is 0 Å². The summed E-state index contributed by atoms with van der Waals surface area (Å²) in [5.74, 6) is 0. The van der Waals surface area contributed by atoms with E-state index in [1.165, 1.54) is 13.1 Å². The molecule has 19 heavy (non-hydrogen) atoms. The predicted octanol–water partition coefficient (Wildman–Crippen LogP) is 0.138. The monoisotopic (exact) mass is 285 g/mol. The average Bonchev–Trinajstić information content (AvgIpc) is 2.40. The molecule has 0 aliphatic carbocycles. The maximum atomic E-state index is 12.0. The van der Waals surface area contributed by atoms with Crippen LogP contribution in [0.2, 0.25) is 0 Å². The van der Waals surface area contributed by atoms with Gasteiger partial charge >= 0.3 is 0 Å². The molecule has 1 fully saturated rings. The fourth-order valence-electron chi connectivity index (χ4n) is 2.22. The zero-order valence-corrected chi connectivity index (χ0v) is 11.7. The molecule has 0 spiro atoms. The van der Waals surface area contributed by atoms with E-state index < -0.39 is 10.0 Å². The van der Waals surface area contributed by atoms with E-state index in [1.807, 2.05) is 4.90 Å². The lowest BCUT2D eigenvalue weighted by Crippen LogP contribution is -2.37. The quantitative estimate of drug-likeness (QED) is 0.687. The van der Waals surface area contributed by atoms with Gasteiger partial charge in [-0.15, -0.1) is 0 Å². The molecule has 0 amide bonds. The van der Waals surface area contributed by atoms with Crippen molar-refractivity contribution < 1.29 is 13.5 Å². The Kier molecular flexibility index (Phi) is 3.98. The lowest BCUT2D eigenvalue weighted by Gasteiger charge is -2.32. The first kappa shape index (κ1) is 14.1. The molecule has 106 valence electrons. The summed E-state index contributed by atoms with van der Waals surface area (Å²) in [5, 5.41) is 9.52. The highest BCUT2D eigenvalue weighted by molar-refractivity contribution is 7.89. The minimum absolute atomic E-state index is 0.186. The Labute approximate surface area is 113 Å². The van der Waals surface area contributed by atoms with Gasteiger partial charge < -0.3 is 15.7 Å². The molecule has 1 aliphatic rings.